The lowest BCUT2D eigenvalue weighted by atomic mass is 10.1. The molecule has 0 fully saturated rings. The molecule has 1 amide bonds. The maximum atomic E-state index is 12.4. The maximum Gasteiger partial charge on any atom is 0.338 e. The molecule has 0 unspecified atom stereocenters. The van der Waals surface area contributed by atoms with Crippen molar-refractivity contribution in [3.63, 3.8) is 0 Å². The molecule has 29 heavy (non-hydrogen) atoms. The molecule has 2 aromatic rings. The molecule has 2 aromatic carbocycles. The van der Waals surface area contributed by atoms with Crippen molar-refractivity contribution >= 4 is 29.2 Å². The third kappa shape index (κ3) is 6.39. The van der Waals surface area contributed by atoms with E-state index in [4.69, 9.17) is 25.8 Å². The van der Waals surface area contributed by atoms with E-state index in [1.807, 2.05) is 39.8 Å². The van der Waals surface area contributed by atoms with E-state index in [2.05, 4.69) is 5.32 Å². The summed E-state index contributed by atoms with van der Waals surface area (Å²) in [7, 11) is 0. The van der Waals surface area contributed by atoms with Crippen LogP contribution in [0.4, 0.5) is 5.69 Å². The number of rotatable bonds is 9. The molecule has 0 aliphatic rings. The summed E-state index contributed by atoms with van der Waals surface area (Å²) in [6, 6.07) is 8.52. The molecular formula is C22H26ClNO5. The molecular weight excluding hydrogens is 394 g/mol. The third-order valence-corrected chi connectivity index (χ3v) is 4.40. The van der Waals surface area contributed by atoms with Crippen molar-refractivity contribution in [2.24, 2.45) is 0 Å². The molecule has 1 N–H and O–H groups in total. The summed E-state index contributed by atoms with van der Waals surface area (Å²) in [6.07, 6.45) is 0.807. The Morgan fingerprint density at radius 2 is 1.79 bits per heavy atom. The number of anilines is 1. The van der Waals surface area contributed by atoms with E-state index in [0.717, 1.165) is 17.5 Å². The molecule has 0 aromatic heterocycles. The van der Waals surface area contributed by atoms with Crippen LogP contribution in [-0.4, -0.2) is 31.7 Å². The number of aryl methyl sites for hydroxylation is 2. The number of ether oxygens (including phenoxy) is 3. The molecule has 2 rings (SSSR count). The number of hydrogen-bond donors (Lipinski definition) is 1. The number of esters is 1. The zero-order chi connectivity index (χ0) is 21.4. The van der Waals surface area contributed by atoms with E-state index < -0.39 is 18.5 Å². The quantitative estimate of drug-likeness (QED) is 0.583. The first-order chi connectivity index (χ1) is 13.8. The Balaban J connectivity index is 2.03. The van der Waals surface area contributed by atoms with Crippen LogP contribution in [0.3, 0.4) is 0 Å². The molecule has 0 aliphatic heterocycles. The lowest BCUT2D eigenvalue weighted by Gasteiger charge is -2.14. The molecule has 6 nitrogen and oxygen atoms in total. The Morgan fingerprint density at radius 3 is 2.45 bits per heavy atom. The van der Waals surface area contributed by atoms with E-state index in [1.165, 1.54) is 12.1 Å². The Morgan fingerprint density at radius 1 is 1.03 bits per heavy atom. The fourth-order valence-electron chi connectivity index (χ4n) is 2.52. The van der Waals surface area contributed by atoms with Gasteiger partial charge in [0.15, 0.2) is 18.1 Å². The van der Waals surface area contributed by atoms with Gasteiger partial charge in [0.25, 0.3) is 5.91 Å². The van der Waals surface area contributed by atoms with E-state index >= 15 is 0 Å². The van der Waals surface area contributed by atoms with Crippen LogP contribution >= 0.6 is 11.6 Å². The highest BCUT2D eigenvalue weighted by Gasteiger charge is 2.18. The summed E-state index contributed by atoms with van der Waals surface area (Å²) in [5.41, 5.74) is 3.01. The zero-order valence-corrected chi connectivity index (χ0v) is 17.9. The average molecular weight is 420 g/mol. The van der Waals surface area contributed by atoms with Crippen LogP contribution in [-0.2, 0) is 9.53 Å². The van der Waals surface area contributed by atoms with Gasteiger partial charge in [-0.2, -0.15) is 0 Å². The van der Waals surface area contributed by atoms with Crippen molar-refractivity contribution in [2.45, 2.75) is 34.1 Å². The van der Waals surface area contributed by atoms with Crippen molar-refractivity contribution in [1.29, 1.82) is 0 Å². The number of nitrogens with one attached hydrogen (secondary N) is 1. The molecule has 0 bridgehead atoms. The van der Waals surface area contributed by atoms with Gasteiger partial charge >= 0.3 is 5.97 Å². The highest BCUT2D eigenvalue weighted by Crippen LogP contribution is 2.37. The smallest absolute Gasteiger partial charge is 0.338 e. The van der Waals surface area contributed by atoms with Crippen molar-refractivity contribution in [3.8, 4) is 11.5 Å². The minimum atomic E-state index is -0.676. The summed E-state index contributed by atoms with van der Waals surface area (Å²) >= 11 is 6.26. The highest BCUT2D eigenvalue weighted by molar-refractivity contribution is 6.32. The van der Waals surface area contributed by atoms with Gasteiger partial charge in [-0.15, -0.1) is 0 Å². The fourth-order valence-corrected chi connectivity index (χ4v) is 2.79. The first-order valence-corrected chi connectivity index (χ1v) is 9.86. The van der Waals surface area contributed by atoms with Gasteiger partial charge in [-0.3, -0.25) is 4.79 Å². The predicted molar refractivity (Wildman–Crippen MR) is 113 cm³/mol. The minimum absolute atomic E-state index is 0.182. The molecule has 0 heterocycles. The highest BCUT2D eigenvalue weighted by atomic mass is 35.5. The normalized spacial score (nSPS) is 10.4. The van der Waals surface area contributed by atoms with Crippen LogP contribution in [0.5, 0.6) is 11.5 Å². The number of carbonyl (C=O) groups excluding carboxylic acids is 2. The summed E-state index contributed by atoms with van der Waals surface area (Å²) in [6.45, 7) is 8.18. The zero-order valence-electron chi connectivity index (χ0n) is 17.1. The summed E-state index contributed by atoms with van der Waals surface area (Å²) in [4.78, 5) is 24.5. The second-order valence-electron chi connectivity index (χ2n) is 6.49. The first kappa shape index (κ1) is 22.6. The SMILES string of the molecule is CCCOc1c(Cl)cc(C(=O)OCC(=O)Nc2ccc(C)c(C)c2)cc1OCC. The summed E-state index contributed by atoms with van der Waals surface area (Å²) in [5, 5.41) is 2.95. The monoisotopic (exact) mass is 419 g/mol. The second-order valence-corrected chi connectivity index (χ2v) is 6.90. The van der Waals surface area contributed by atoms with E-state index in [9.17, 15) is 9.59 Å². The Hall–Kier alpha value is -2.73. The maximum absolute atomic E-state index is 12.4. The predicted octanol–water partition coefficient (Wildman–Crippen LogP) is 4.94. The van der Waals surface area contributed by atoms with Crippen LogP contribution < -0.4 is 14.8 Å². The van der Waals surface area contributed by atoms with Crippen molar-refractivity contribution < 1.29 is 23.8 Å². The second kappa shape index (κ2) is 10.7. The Bertz CT molecular complexity index is 882. The van der Waals surface area contributed by atoms with E-state index in [-0.39, 0.29) is 10.6 Å². The molecule has 0 spiro atoms. The van der Waals surface area contributed by atoms with Gasteiger partial charge in [-0.05, 0) is 62.6 Å². The van der Waals surface area contributed by atoms with Gasteiger partial charge in [0, 0.05) is 5.69 Å². The summed E-state index contributed by atoms with van der Waals surface area (Å²) in [5.74, 6) is -0.356. The molecule has 0 saturated carbocycles. The lowest BCUT2D eigenvalue weighted by molar-refractivity contribution is -0.119. The van der Waals surface area contributed by atoms with Crippen molar-refractivity contribution in [1.82, 2.24) is 0 Å². The van der Waals surface area contributed by atoms with Crippen molar-refractivity contribution in [3.05, 3.63) is 52.0 Å². The van der Waals surface area contributed by atoms with Crippen LogP contribution in [0.2, 0.25) is 5.02 Å². The van der Waals surface area contributed by atoms with Crippen LogP contribution in [0, 0.1) is 13.8 Å². The van der Waals surface area contributed by atoms with E-state index in [1.54, 1.807) is 6.07 Å². The molecule has 0 atom stereocenters. The van der Waals surface area contributed by atoms with Crippen LogP contribution in [0.15, 0.2) is 30.3 Å². The lowest BCUT2D eigenvalue weighted by Crippen LogP contribution is -2.21. The third-order valence-electron chi connectivity index (χ3n) is 4.12. The first-order valence-electron chi connectivity index (χ1n) is 9.49. The average Bonchev–Trinajstić information content (AvgIpc) is 2.68. The van der Waals surface area contributed by atoms with Gasteiger partial charge in [-0.1, -0.05) is 24.6 Å². The van der Waals surface area contributed by atoms with Gasteiger partial charge in [0.05, 0.1) is 23.8 Å². The van der Waals surface area contributed by atoms with Gasteiger partial charge < -0.3 is 19.5 Å². The Labute approximate surface area is 176 Å². The van der Waals surface area contributed by atoms with Gasteiger partial charge in [-0.25, -0.2) is 4.79 Å². The number of benzene rings is 2. The minimum Gasteiger partial charge on any atom is -0.490 e. The van der Waals surface area contributed by atoms with Crippen molar-refractivity contribution in [2.75, 3.05) is 25.1 Å². The molecule has 156 valence electrons. The number of carbonyl (C=O) groups is 2. The van der Waals surface area contributed by atoms with Gasteiger partial charge in [0.2, 0.25) is 0 Å². The van der Waals surface area contributed by atoms with Crippen LogP contribution in [0.1, 0.15) is 41.8 Å². The standard InChI is InChI=1S/C22H26ClNO5/c1-5-9-28-21-18(23)11-16(12-19(21)27-6-2)22(26)29-13-20(25)24-17-8-7-14(3)15(4)10-17/h7-8,10-12H,5-6,9,13H2,1-4H3,(H,24,25). The molecule has 0 aliphatic carbocycles. The number of hydrogen-bond acceptors (Lipinski definition) is 5. The largest absolute Gasteiger partial charge is 0.490 e. The Kier molecular flexibility index (Phi) is 8.34. The molecule has 0 saturated heterocycles. The van der Waals surface area contributed by atoms with E-state index in [0.29, 0.717) is 30.4 Å². The topological polar surface area (TPSA) is 73.9 Å². The summed E-state index contributed by atoms with van der Waals surface area (Å²) < 4.78 is 16.3. The van der Waals surface area contributed by atoms with Gasteiger partial charge in [0.1, 0.15) is 0 Å². The molecule has 0 radical (unpaired) electrons. The number of amides is 1. The fraction of sp³-hybridized carbons (Fsp3) is 0.364. The van der Waals surface area contributed by atoms with Crippen LogP contribution in [0.25, 0.3) is 0 Å². The molecule has 7 heteroatoms. The number of halogens is 1.